The molecule has 0 amide bonds. The minimum absolute atomic E-state index is 0.326. The van der Waals surface area contributed by atoms with Crippen molar-refractivity contribution in [1.29, 1.82) is 0 Å². The van der Waals surface area contributed by atoms with Gasteiger partial charge in [-0.1, -0.05) is 26.7 Å². The molecule has 0 aliphatic carbocycles. The lowest BCUT2D eigenvalue weighted by molar-refractivity contribution is -0.00136. The van der Waals surface area contributed by atoms with Gasteiger partial charge in [0.2, 0.25) is 0 Å². The SMILES string of the molecule is CCCC(C)CC(O)COCCOCC. The summed E-state index contributed by atoms with van der Waals surface area (Å²) in [5.41, 5.74) is 0. The van der Waals surface area contributed by atoms with E-state index in [0.29, 0.717) is 25.7 Å². The van der Waals surface area contributed by atoms with Gasteiger partial charge < -0.3 is 14.6 Å². The second-order valence-corrected chi connectivity index (χ2v) is 4.06. The lowest BCUT2D eigenvalue weighted by Crippen LogP contribution is -2.20. The maximum atomic E-state index is 9.64. The van der Waals surface area contributed by atoms with Crippen molar-refractivity contribution in [3.8, 4) is 0 Å². The standard InChI is InChI=1S/C12H26O3/c1-4-6-11(3)9-12(13)10-15-8-7-14-5-2/h11-13H,4-10H2,1-3H3. The third-order valence-corrected chi connectivity index (χ3v) is 2.34. The summed E-state index contributed by atoms with van der Waals surface area (Å²) in [7, 11) is 0. The first-order valence-corrected chi connectivity index (χ1v) is 6.04. The van der Waals surface area contributed by atoms with Crippen molar-refractivity contribution >= 4 is 0 Å². The van der Waals surface area contributed by atoms with Crippen LogP contribution in [-0.2, 0) is 9.47 Å². The Morgan fingerprint density at radius 2 is 1.80 bits per heavy atom. The van der Waals surface area contributed by atoms with Gasteiger partial charge in [-0.15, -0.1) is 0 Å². The van der Waals surface area contributed by atoms with E-state index in [2.05, 4.69) is 13.8 Å². The zero-order chi connectivity index (χ0) is 11.5. The van der Waals surface area contributed by atoms with Gasteiger partial charge in [0.1, 0.15) is 0 Å². The van der Waals surface area contributed by atoms with Gasteiger partial charge in [-0.25, -0.2) is 0 Å². The number of ether oxygens (including phenoxy) is 2. The molecule has 0 bridgehead atoms. The first kappa shape index (κ1) is 14.9. The zero-order valence-corrected chi connectivity index (χ0v) is 10.4. The molecule has 3 nitrogen and oxygen atoms in total. The molecule has 0 rings (SSSR count). The van der Waals surface area contributed by atoms with Crippen molar-refractivity contribution < 1.29 is 14.6 Å². The van der Waals surface area contributed by atoms with Crippen molar-refractivity contribution in [3.63, 3.8) is 0 Å². The van der Waals surface area contributed by atoms with Crippen LogP contribution in [0.4, 0.5) is 0 Å². The molecule has 0 aromatic heterocycles. The minimum Gasteiger partial charge on any atom is -0.391 e. The van der Waals surface area contributed by atoms with Crippen LogP contribution in [0.3, 0.4) is 0 Å². The highest BCUT2D eigenvalue weighted by atomic mass is 16.5. The summed E-state index contributed by atoms with van der Waals surface area (Å²) in [5.74, 6) is 0.584. The molecular weight excluding hydrogens is 192 g/mol. The van der Waals surface area contributed by atoms with Gasteiger partial charge in [-0.2, -0.15) is 0 Å². The number of aliphatic hydroxyl groups is 1. The van der Waals surface area contributed by atoms with Crippen molar-refractivity contribution in [2.45, 2.75) is 46.1 Å². The van der Waals surface area contributed by atoms with E-state index in [4.69, 9.17) is 9.47 Å². The highest BCUT2D eigenvalue weighted by molar-refractivity contribution is 4.60. The monoisotopic (exact) mass is 218 g/mol. The lowest BCUT2D eigenvalue weighted by Gasteiger charge is -2.15. The smallest absolute Gasteiger partial charge is 0.0776 e. The Balaban J connectivity index is 3.28. The highest BCUT2D eigenvalue weighted by Crippen LogP contribution is 2.12. The van der Waals surface area contributed by atoms with Crippen LogP contribution in [0, 0.1) is 5.92 Å². The Bertz CT molecular complexity index is 128. The van der Waals surface area contributed by atoms with E-state index >= 15 is 0 Å². The number of rotatable bonds is 10. The van der Waals surface area contributed by atoms with Crippen molar-refractivity contribution in [1.82, 2.24) is 0 Å². The maximum absolute atomic E-state index is 9.64. The molecule has 0 heterocycles. The fourth-order valence-corrected chi connectivity index (χ4v) is 1.62. The first-order chi connectivity index (χ1) is 7.20. The molecule has 3 heteroatoms. The molecule has 0 spiro atoms. The predicted octanol–water partition coefficient (Wildman–Crippen LogP) is 2.23. The first-order valence-electron chi connectivity index (χ1n) is 6.04. The molecule has 2 unspecified atom stereocenters. The van der Waals surface area contributed by atoms with Crippen molar-refractivity contribution in [2.24, 2.45) is 5.92 Å². The summed E-state index contributed by atoms with van der Waals surface area (Å²) in [4.78, 5) is 0. The van der Waals surface area contributed by atoms with E-state index in [1.807, 2.05) is 6.92 Å². The summed E-state index contributed by atoms with van der Waals surface area (Å²) in [6, 6.07) is 0. The summed E-state index contributed by atoms with van der Waals surface area (Å²) >= 11 is 0. The molecule has 2 atom stereocenters. The molecule has 15 heavy (non-hydrogen) atoms. The van der Waals surface area contributed by atoms with Crippen LogP contribution in [0.1, 0.15) is 40.0 Å². The van der Waals surface area contributed by atoms with Gasteiger partial charge in [0.15, 0.2) is 0 Å². The molecule has 0 aliphatic heterocycles. The quantitative estimate of drug-likeness (QED) is 0.571. The molecular formula is C12H26O3. The van der Waals surface area contributed by atoms with Crippen LogP contribution in [0.15, 0.2) is 0 Å². The summed E-state index contributed by atoms with van der Waals surface area (Å²) in [5, 5.41) is 9.64. The maximum Gasteiger partial charge on any atom is 0.0776 e. The molecule has 0 aromatic carbocycles. The Morgan fingerprint density at radius 1 is 1.13 bits per heavy atom. The summed E-state index contributed by atoms with van der Waals surface area (Å²) in [6.45, 7) is 8.65. The number of hydrogen-bond acceptors (Lipinski definition) is 3. The fraction of sp³-hybridized carbons (Fsp3) is 1.00. The molecule has 0 saturated heterocycles. The Morgan fingerprint density at radius 3 is 2.40 bits per heavy atom. The van der Waals surface area contributed by atoms with E-state index in [-0.39, 0.29) is 6.10 Å². The van der Waals surface area contributed by atoms with E-state index < -0.39 is 0 Å². The topological polar surface area (TPSA) is 38.7 Å². The number of aliphatic hydroxyl groups excluding tert-OH is 1. The van der Waals surface area contributed by atoms with Gasteiger partial charge in [-0.3, -0.25) is 0 Å². The van der Waals surface area contributed by atoms with E-state index in [9.17, 15) is 5.11 Å². The molecule has 0 saturated carbocycles. The third kappa shape index (κ3) is 10.2. The Kier molecular flexibility index (Phi) is 10.3. The second kappa shape index (κ2) is 10.4. The van der Waals surface area contributed by atoms with E-state index in [0.717, 1.165) is 13.0 Å². The van der Waals surface area contributed by atoms with Gasteiger partial charge in [0.25, 0.3) is 0 Å². The van der Waals surface area contributed by atoms with Gasteiger partial charge >= 0.3 is 0 Å². The minimum atomic E-state index is -0.326. The van der Waals surface area contributed by atoms with Crippen molar-refractivity contribution in [3.05, 3.63) is 0 Å². The van der Waals surface area contributed by atoms with Crippen LogP contribution in [-0.4, -0.2) is 37.6 Å². The van der Waals surface area contributed by atoms with Crippen LogP contribution in [0.2, 0.25) is 0 Å². The van der Waals surface area contributed by atoms with Crippen molar-refractivity contribution in [2.75, 3.05) is 26.4 Å². The van der Waals surface area contributed by atoms with Gasteiger partial charge in [0, 0.05) is 6.61 Å². The third-order valence-electron chi connectivity index (χ3n) is 2.34. The Labute approximate surface area is 93.8 Å². The Hall–Kier alpha value is -0.120. The normalized spacial score (nSPS) is 15.2. The molecule has 1 N–H and O–H groups in total. The van der Waals surface area contributed by atoms with Crippen LogP contribution in [0.25, 0.3) is 0 Å². The molecule has 92 valence electrons. The molecule has 0 aromatic rings. The average Bonchev–Trinajstić information content (AvgIpc) is 2.17. The second-order valence-electron chi connectivity index (χ2n) is 4.06. The van der Waals surface area contributed by atoms with Crippen LogP contribution in [0.5, 0.6) is 0 Å². The predicted molar refractivity (Wildman–Crippen MR) is 62.0 cm³/mol. The molecule has 0 radical (unpaired) electrons. The number of hydrogen-bond donors (Lipinski definition) is 1. The van der Waals surface area contributed by atoms with Crippen LogP contribution < -0.4 is 0 Å². The lowest BCUT2D eigenvalue weighted by atomic mass is 9.99. The largest absolute Gasteiger partial charge is 0.391 e. The highest BCUT2D eigenvalue weighted by Gasteiger charge is 2.09. The van der Waals surface area contributed by atoms with Gasteiger partial charge in [-0.05, 0) is 19.3 Å². The van der Waals surface area contributed by atoms with E-state index in [1.165, 1.54) is 12.8 Å². The van der Waals surface area contributed by atoms with Gasteiger partial charge in [0.05, 0.1) is 25.9 Å². The molecule has 0 fully saturated rings. The average molecular weight is 218 g/mol. The van der Waals surface area contributed by atoms with Crippen LogP contribution >= 0.6 is 0 Å². The summed E-state index contributed by atoms with van der Waals surface area (Å²) in [6.07, 6.45) is 2.87. The van der Waals surface area contributed by atoms with E-state index in [1.54, 1.807) is 0 Å². The fourth-order valence-electron chi connectivity index (χ4n) is 1.62. The molecule has 0 aliphatic rings. The summed E-state index contributed by atoms with van der Waals surface area (Å²) < 4.78 is 10.4. The zero-order valence-electron chi connectivity index (χ0n) is 10.4.